The third-order valence-corrected chi connectivity index (χ3v) is 1.76. The van der Waals surface area contributed by atoms with Crippen molar-refractivity contribution < 1.29 is 13.2 Å². The Balaban J connectivity index is 3.15. The lowest BCUT2D eigenvalue weighted by atomic mass is 10.1. The zero-order chi connectivity index (χ0) is 10.0. The van der Waals surface area contributed by atoms with Gasteiger partial charge in [-0.15, -0.1) is 0 Å². The van der Waals surface area contributed by atoms with Gasteiger partial charge in [-0.25, -0.2) is 13.2 Å². The Bertz CT molecular complexity index is 315. The summed E-state index contributed by atoms with van der Waals surface area (Å²) in [5.41, 5.74) is 2.24. The van der Waals surface area contributed by atoms with Gasteiger partial charge in [-0.2, -0.15) is 0 Å². The van der Waals surface area contributed by atoms with Crippen LogP contribution in [0.3, 0.4) is 0 Å². The predicted molar refractivity (Wildman–Crippen MR) is 42.1 cm³/mol. The van der Waals surface area contributed by atoms with Gasteiger partial charge in [0.2, 0.25) is 0 Å². The summed E-state index contributed by atoms with van der Waals surface area (Å²) in [4.78, 5) is 0. The number of halogens is 3. The highest BCUT2D eigenvalue weighted by atomic mass is 19.2. The molecule has 1 aromatic rings. The first-order valence-corrected chi connectivity index (χ1v) is 3.67. The van der Waals surface area contributed by atoms with Crippen LogP contribution in [0.4, 0.5) is 13.2 Å². The van der Waals surface area contributed by atoms with Gasteiger partial charge in [0, 0.05) is 17.7 Å². The van der Waals surface area contributed by atoms with E-state index >= 15 is 0 Å². The van der Waals surface area contributed by atoms with Crippen molar-refractivity contribution in [3.8, 4) is 0 Å². The first-order chi connectivity index (χ1) is 6.06. The molecule has 5 heteroatoms. The lowest BCUT2D eigenvalue weighted by Gasteiger charge is -2.11. The Morgan fingerprint density at radius 1 is 1.15 bits per heavy atom. The van der Waals surface area contributed by atoms with E-state index in [0.29, 0.717) is 6.07 Å². The fourth-order valence-corrected chi connectivity index (χ4v) is 0.960. The van der Waals surface area contributed by atoms with Gasteiger partial charge in [0.25, 0.3) is 0 Å². The fraction of sp³-hybridized carbons (Fsp3) is 0.250. The molecule has 72 valence electrons. The van der Waals surface area contributed by atoms with E-state index in [1.54, 1.807) is 0 Å². The monoisotopic (exact) mass is 190 g/mol. The third kappa shape index (κ3) is 1.99. The average molecular weight is 190 g/mol. The van der Waals surface area contributed by atoms with Gasteiger partial charge in [-0.05, 0) is 13.0 Å². The van der Waals surface area contributed by atoms with Crippen LogP contribution >= 0.6 is 0 Å². The molecule has 0 aliphatic rings. The molecule has 0 unspecified atom stereocenters. The molecule has 0 aromatic heterocycles. The number of rotatable bonds is 2. The number of nitrogens with one attached hydrogen (secondary N) is 1. The zero-order valence-electron chi connectivity index (χ0n) is 6.94. The lowest BCUT2D eigenvalue weighted by Crippen LogP contribution is -2.26. The van der Waals surface area contributed by atoms with Gasteiger partial charge in [0.1, 0.15) is 5.82 Å². The van der Waals surface area contributed by atoms with E-state index in [-0.39, 0.29) is 5.56 Å². The van der Waals surface area contributed by atoms with Crippen molar-refractivity contribution in [2.24, 2.45) is 5.84 Å². The van der Waals surface area contributed by atoms with Gasteiger partial charge in [-0.1, -0.05) is 0 Å². The van der Waals surface area contributed by atoms with Gasteiger partial charge in [0.05, 0.1) is 0 Å². The second kappa shape index (κ2) is 3.76. The Morgan fingerprint density at radius 3 is 2.23 bits per heavy atom. The maximum absolute atomic E-state index is 13.0. The van der Waals surface area contributed by atoms with E-state index in [0.717, 1.165) is 6.07 Å². The summed E-state index contributed by atoms with van der Waals surface area (Å²) in [7, 11) is 0. The Labute approximate surface area is 73.5 Å². The summed E-state index contributed by atoms with van der Waals surface area (Å²) < 4.78 is 38.1. The number of nitrogens with two attached hydrogens (primary N) is 1. The van der Waals surface area contributed by atoms with E-state index in [9.17, 15) is 13.2 Å². The van der Waals surface area contributed by atoms with Crippen molar-refractivity contribution in [3.05, 3.63) is 35.1 Å². The van der Waals surface area contributed by atoms with Gasteiger partial charge >= 0.3 is 0 Å². The molecule has 0 saturated carbocycles. The second-order valence-corrected chi connectivity index (χ2v) is 2.68. The Kier molecular flexibility index (Phi) is 2.90. The van der Waals surface area contributed by atoms with Crippen LogP contribution in [-0.4, -0.2) is 0 Å². The molecule has 3 N–H and O–H groups in total. The van der Waals surface area contributed by atoms with Crippen molar-refractivity contribution in [2.75, 3.05) is 0 Å². The number of hydrogen-bond acceptors (Lipinski definition) is 2. The fourth-order valence-electron chi connectivity index (χ4n) is 0.960. The van der Waals surface area contributed by atoms with Crippen LogP contribution in [-0.2, 0) is 0 Å². The predicted octanol–water partition coefficient (Wildman–Crippen LogP) is 1.63. The Hall–Kier alpha value is -1.07. The van der Waals surface area contributed by atoms with Crippen LogP contribution < -0.4 is 11.3 Å². The summed E-state index contributed by atoms with van der Waals surface area (Å²) >= 11 is 0. The first kappa shape index (κ1) is 10.0. The number of hydrazine groups is 1. The minimum absolute atomic E-state index is 0.00130. The topological polar surface area (TPSA) is 38.0 Å². The molecule has 0 aliphatic heterocycles. The van der Waals surface area contributed by atoms with Crippen molar-refractivity contribution in [3.63, 3.8) is 0 Å². The first-order valence-electron chi connectivity index (χ1n) is 3.67. The van der Waals surface area contributed by atoms with Crippen molar-refractivity contribution >= 4 is 0 Å². The smallest absolute Gasteiger partial charge is 0.161 e. The molecule has 0 heterocycles. The lowest BCUT2D eigenvalue weighted by molar-refractivity contribution is 0.477. The SMILES string of the molecule is C[C@H](NN)c1cc(F)c(F)cc1F. The molecule has 1 atom stereocenters. The normalized spacial score (nSPS) is 13.0. The molecular formula is C8H9F3N2. The van der Waals surface area contributed by atoms with Crippen LogP contribution in [0.25, 0.3) is 0 Å². The van der Waals surface area contributed by atoms with E-state index in [4.69, 9.17) is 5.84 Å². The van der Waals surface area contributed by atoms with E-state index in [1.807, 2.05) is 0 Å². The number of hydrogen-bond donors (Lipinski definition) is 2. The van der Waals surface area contributed by atoms with Crippen LogP contribution in [0.5, 0.6) is 0 Å². The minimum atomic E-state index is -1.20. The summed E-state index contributed by atoms with van der Waals surface area (Å²) in [6.45, 7) is 1.54. The highest BCUT2D eigenvalue weighted by Gasteiger charge is 2.13. The van der Waals surface area contributed by atoms with E-state index < -0.39 is 23.5 Å². The summed E-state index contributed by atoms with van der Waals surface area (Å²) in [5.74, 6) is 1.92. The molecule has 1 aromatic carbocycles. The molecule has 0 aliphatic carbocycles. The van der Waals surface area contributed by atoms with E-state index in [1.165, 1.54) is 6.92 Å². The van der Waals surface area contributed by atoms with Crippen LogP contribution in [0.1, 0.15) is 18.5 Å². The van der Waals surface area contributed by atoms with Crippen molar-refractivity contribution in [1.82, 2.24) is 5.43 Å². The Morgan fingerprint density at radius 2 is 1.69 bits per heavy atom. The largest absolute Gasteiger partial charge is 0.271 e. The number of benzene rings is 1. The zero-order valence-corrected chi connectivity index (χ0v) is 6.94. The molecule has 0 bridgehead atoms. The summed E-state index contributed by atoms with van der Waals surface area (Å²) in [5, 5.41) is 0. The van der Waals surface area contributed by atoms with Gasteiger partial charge in [0.15, 0.2) is 11.6 Å². The molecule has 0 spiro atoms. The molecule has 0 saturated heterocycles. The van der Waals surface area contributed by atoms with Crippen LogP contribution in [0, 0.1) is 17.5 Å². The summed E-state index contributed by atoms with van der Waals surface area (Å²) in [6.07, 6.45) is 0. The van der Waals surface area contributed by atoms with Gasteiger partial charge < -0.3 is 0 Å². The summed E-state index contributed by atoms with van der Waals surface area (Å²) in [6, 6.07) is 0.725. The molecular weight excluding hydrogens is 181 g/mol. The molecule has 13 heavy (non-hydrogen) atoms. The quantitative estimate of drug-likeness (QED) is 0.422. The molecule has 1 rings (SSSR count). The van der Waals surface area contributed by atoms with E-state index in [2.05, 4.69) is 5.43 Å². The minimum Gasteiger partial charge on any atom is -0.271 e. The molecule has 0 amide bonds. The maximum atomic E-state index is 13.0. The third-order valence-electron chi connectivity index (χ3n) is 1.76. The van der Waals surface area contributed by atoms with Gasteiger partial charge in [-0.3, -0.25) is 11.3 Å². The van der Waals surface area contributed by atoms with Crippen LogP contribution in [0.15, 0.2) is 12.1 Å². The highest BCUT2D eigenvalue weighted by Crippen LogP contribution is 2.19. The molecule has 0 radical (unpaired) electrons. The van der Waals surface area contributed by atoms with Crippen LogP contribution in [0.2, 0.25) is 0 Å². The second-order valence-electron chi connectivity index (χ2n) is 2.68. The maximum Gasteiger partial charge on any atom is 0.161 e. The molecule has 2 nitrogen and oxygen atoms in total. The average Bonchev–Trinajstić information content (AvgIpc) is 2.10. The van der Waals surface area contributed by atoms with Crippen molar-refractivity contribution in [1.29, 1.82) is 0 Å². The van der Waals surface area contributed by atoms with Crippen molar-refractivity contribution in [2.45, 2.75) is 13.0 Å². The molecule has 0 fully saturated rings. The highest BCUT2D eigenvalue weighted by molar-refractivity contribution is 5.22. The standard InChI is InChI=1S/C8H9F3N2/c1-4(13-12)5-2-7(10)8(11)3-6(5)9/h2-4,13H,12H2,1H3/t4-/m0/s1.